The predicted octanol–water partition coefficient (Wildman–Crippen LogP) is 5.01. The van der Waals surface area contributed by atoms with E-state index in [9.17, 15) is 4.79 Å². The molecule has 24 heavy (non-hydrogen) atoms. The van der Waals surface area contributed by atoms with Crippen molar-refractivity contribution in [2.75, 3.05) is 5.32 Å². The summed E-state index contributed by atoms with van der Waals surface area (Å²) in [6, 6.07) is 10.0. The Morgan fingerprint density at radius 2 is 1.75 bits per heavy atom. The van der Waals surface area contributed by atoms with Gasteiger partial charge in [-0.1, -0.05) is 80.7 Å². The minimum atomic E-state index is 0.00104. The lowest BCUT2D eigenvalue weighted by molar-refractivity contribution is -0.116. The molecular weight excluding hydrogens is 318 g/mol. The van der Waals surface area contributed by atoms with Gasteiger partial charge < -0.3 is 5.32 Å². The van der Waals surface area contributed by atoms with Crippen molar-refractivity contribution in [3.8, 4) is 0 Å². The number of unbranched alkanes of at least 4 members (excludes halogenated alkanes) is 5. The van der Waals surface area contributed by atoms with Crippen LogP contribution in [-0.2, 0) is 17.6 Å². The Bertz CT molecular complexity index is 598. The molecule has 0 radical (unpaired) electrons. The molecule has 0 unspecified atom stereocenters. The molecule has 130 valence electrons. The number of anilines is 1. The minimum absolute atomic E-state index is 0.00104. The molecule has 0 bridgehead atoms. The molecule has 1 aromatic heterocycles. The van der Waals surface area contributed by atoms with Gasteiger partial charge in [0.25, 0.3) is 0 Å². The van der Waals surface area contributed by atoms with Crippen LogP contribution in [0.2, 0.25) is 0 Å². The Kier molecular flexibility index (Phi) is 8.46. The van der Waals surface area contributed by atoms with Crippen LogP contribution < -0.4 is 5.32 Å². The average molecular weight is 346 g/mol. The normalized spacial score (nSPS) is 10.7. The zero-order valence-corrected chi connectivity index (χ0v) is 15.3. The van der Waals surface area contributed by atoms with E-state index in [1.807, 2.05) is 30.3 Å². The fourth-order valence-corrected chi connectivity index (χ4v) is 3.34. The lowest BCUT2D eigenvalue weighted by Gasteiger charge is -2.01. The highest BCUT2D eigenvalue weighted by molar-refractivity contribution is 7.15. The second-order valence-electron chi connectivity index (χ2n) is 6.05. The lowest BCUT2D eigenvalue weighted by atomic mass is 10.1. The Labute approximate surface area is 148 Å². The number of aryl methyl sites for hydroxylation is 2. The molecule has 0 saturated carbocycles. The van der Waals surface area contributed by atoms with Gasteiger partial charge in [-0.05, 0) is 18.4 Å². The summed E-state index contributed by atoms with van der Waals surface area (Å²) in [6.45, 7) is 2.23. The smallest absolute Gasteiger partial charge is 0.226 e. The second kappa shape index (κ2) is 10.9. The topological polar surface area (TPSA) is 54.9 Å². The van der Waals surface area contributed by atoms with Crippen molar-refractivity contribution in [3.63, 3.8) is 0 Å². The van der Waals surface area contributed by atoms with E-state index in [-0.39, 0.29) is 5.91 Å². The number of hydrogen-bond acceptors (Lipinski definition) is 4. The molecule has 0 aliphatic carbocycles. The summed E-state index contributed by atoms with van der Waals surface area (Å²) in [5.41, 5.74) is 1.17. The molecule has 0 atom stereocenters. The van der Waals surface area contributed by atoms with Gasteiger partial charge in [-0.15, -0.1) is 10.2 Å². The molecule has 0 aliphatic rings. The van der Waals surface area contributed by atoms with Crippen molar-refractivity contribution in [1.29, 1.82) is 0 Å². The molecule has 2 aromatic rings. The minimum Gasteiger partial charge on any atom is -0.301 e. The molecule has 2 rings (SSSR count). The van der Waals surface area contributed by atoms with Crippen molar-refractivity contribution in [3.05, 3.63) is 40.9 Å². The first-order valence-corrected chi connectivity index (χ1v) is 9.75. The summed E-state index contributed by atoms with van der Waals surface area (Å²) in [7, 11) is 0. The quantitative estimate of drug-likeness (QED) is 0.582. The largest absolute Gasteiger partial charge is 0.301 e. The third kappa shape index (κ3) is 7.21. The summed E-state index contributed by atoms with van der Waals surface area (Å²) in [5, 5.41) is 12.7. The van der Waals surface area contributed by atoms with E-state index in [1.165, 1.54) is 49.0 Å². The fraction of sp³-hybridized carbons (Fsp3) is 0.526. The first-order chi connectivity index (χ1) is 11.8. The molecule has 0 fully saturated rings. The lowest BCUT2D eigenvalue weighted by Crippen LogP contribution is -2.12. The molecule has 1 aromatic carbocycles. The van der Waals surface area contributed by atoms with Gasteiger partial charge in [0.1, 0.15) is 5.01 Å². The summed E-state index contributed by atoms with van der Waals surface area (Å²) in [5.74, 6) is 0.00104. The van der Waals surface area contributed by atoms with Crippen LogP contribution in [-0.4, -0.2) is 16.1 Å². The third-order valence-corrected chi connectivity index (χ3v) is 4.84. The fourth-order valence-electron chi connectivity index (χ4n) is 2.55. The molecule has 0 aliphatic heterocycles. The Morgan fingerprint density at radius 3 is 2.54 bits per heavy atom. The zero-order chi connectivity index (χ0) is 17.0. The van der Waals surface area contributed by atoms with Gasteiger partial charge in [-0.3, -0.25) is 4.79 Å². The van der Waals surface area contributed by atoms with Gasteiger partial charge in [0, 0.05) is 12.8 Å². The van der Waals surface area contributed by atoms with Crippen LogP contribution in [0.3, 0.4) is 0 Å². The maximum Gasteiger partial charge on any atom is 0.226 e. The number of nitrogens with zero attached hydrogens (tertiary/aromatic N) is 2. The van der Waals surface area contributed by atoms with Crippen molar-refractivity contribution in [1.82, 2.24) is 10.2 Å². The maximum atomic E-state index is 12.0. The van der Waals surface area contributed by atoms with Gasteiger partial charge in [0.15, 0.2) is 0 Å². The zero-order valence-electron chi connectivity index (χ0n) is 14.5. The first-order valence-electron chi connectivity index (χ1n) is 8.94. The summed E-state index contributed by atoms with van der Waals surface area (Å²) in [4.78, 5) is 12.0. The van der Waals surface area contributed by atoms with Crippen LogP contribution in [0, 0.1) is 0 Å². The number of amides is 1. The summed E-state index contributed by atoms with van der Waals surface area (Å²) < 4.78 is 0. The highest BCUT2D eigenvalue weighted by atomic mass is 32.1. The highest BCUT2D eigenvalue weighted by Gasteiger charge is 2.08. The standard InChI is InChI=1S/C19H27N3OS/c1-2-3-4-5-6-10-13-18-21-22-19(24-18)20-17(23)15-14-16-11-8-7-9-12-16/h7-9,11-12H,2-6,10,13-15H2,1H3,(H,20,22,23). The van der Waals surface area contributed by atoms with E-state index in [0.29, 0.717) is 11.6 Å². The number of carbonyl (C=O) groups excluding carboxylic acids is 1. The average Bonchev–Trinajstić information content (AvgIpc) is 3.04. The maximum absolute atomic E-state index is 12.0. The Morgan fingerprint density at radius 1 is 1.00 bits per heavy atom. The van der Waals surface area contributed by atoms with E-state index in [0.717, 1.165) is 24.3 Å². The van der Waals surface area contributed by atoms with Gasteiger partial charge in [-0.2, -0.15) is 0 Å². The Balaban J connectivity index is 1.64. The number of benzene rings is 1. The van der Waals surface area contributed by atoms with E-state index >= 15 is 0 Å². The highest BCUT2D eigenvalue weighted by Crippen LogP contribution is 2.18. The predicted molar refractivity (Wildman–Crippen MR) is 100 cm³/mol. The van der Waals surface area contributed by atoms with Crippen LogP contribution >= 0.6 is 11.3 Å². The third-order valence-electron chi connectivity index (χ3n) is 3.94. The number of hydrogen-bond donors (Lipinski definition) is 1. The van der Waals surface area contributed by atoms with Gasteiger partial charge in [0.2, 0.25) is 11.0 Å². The van der Waals surface area contributed by atoms with Gasteiger partial charge in [-0.25, -0.2) is 0 Å². The molecule has 4 nitrogen and oxygen atoms in total. The molecule has 1 amide bonds. The number of rotatable bonds is 11. The van der Waals surface area contributed by atoms with Crippen molar-refractivity contribution in [2.24, 2.45) is 0 Å². The SMILES string of the molecule is CCCCCCCCc1nnc(NC(=O)CCc2ccccc2)s1. The molecule has 0 saturated heterocycles. The molecule has 1 N–H and O–H groups in total. The van der Waals surface area contributed by atoms with Crippen LogP contribution in [0.25, 0.3) is 0 Å². The summed E-state index contributed by atoms with van der Waals surface area (Å²) >= 11 is 1.50. The molecular formula is C19H27N3OS. The van der Waals surface area contributed by atoms with Gasteiger partial charge in [0.05, 0.1) is 0 Å². The number of nitrogens with one attached hydrogen (secondary N) is 1. The van der Waals surface area contributed by atoms with Crippen molar-refractivity contribution in [2.45, 2.75) is 64.7 Å². The Hall–Kier alpha value is -1.75. The van der Waals surface area contributed by atoms with E-state index in [1.54, 1.807) is 0 Å². The van der Waals surface area contributed by atoms with E-state index < -0.39 is 0 Å². The van der Waals surface area contributed by atoms with Crippen molar-refractivity contribution >= 4 is 22.4 Å². The van der Waals surface area contributed by atoms with E-state index in [2.05, 4.69) is 22.4 Å². The van der Waals surface area contributed by atoms with Crippen molar-refractivity contribution < 1.29 is 4.79 Å². The molecule has 5 heteroatoms. The van der Waals surface area contributed by atoms with Crippen LogP contribution in [0.15, 0.2) is 30.3 Å². The molecule has 0 spiro atoms. The van der Waals surface area contributed by atoms with Crippen LogP contribution in [0.1, 0.15) is 62.4 Å². The number of aromatic nitrogens is 2. The van der Waals surface area contributed by atoms with Crippen LogP contribution in [0.5, 0.6) is 0 Å². The van der Waals surface area contributed by atoms with Crippen LogP contribution in [0.4, 0.5) is 5.13 Å². The van der Waals surface area contributed by atoms with E-state index in [4.69, 9.17) is 0 Å². The summed E-state index contributed by atoms with van der Waals surface area (Å²) in [6.07, 6.45) is 9.82. The monoisotopic (exact) mass is 345 g/mol. The van der Waals surface area contributed by atoms with Gasteiger partial charge >= 0.3 is 0 Å². The number of carbonyl (C=O) groups is 1. The molecule has 1 heterocycles. The first kappa shape index (κ1) is 18.6. The second-order valence-corrected chi connectivity index (χ2v) is 7.11.